The number of carboxylic acid groups (broad SMARTS) is 1. The predicted molar refractivity (Wildman–Crippen MR) is 142 cm³/mol. The molecule has 0 spiro atoms. The van der Waals surface area contributed by atoms with Gasteiger partial charge >= 0.3 is 5.97 Å². The standard InChI is InChI=1S/C31H27NO4/c1-2-23(22-29(33)34)24-18-20-27(21-19-24)32(30(35)25-12-6-3-7-13-25)31(26-14-8-4-9-15-26)36-28-16-10-5-11-17-28/h3-22,31H,2H2,1H3,(H,33,34)/b23-22+. The Kier molecular flexibility index (Phi) is 7.94. The normalized spacial score (nSPS) is 12.0. The zero-order chi connectivity index (χ0) is 25.3. The van der Waals surface area contributed by atoms with E-state index in [0.717, 1.165) is 11.1 Å². The van der Waals surface area contributed by atoms with E-state index in [1.807, 2.05) is 110 Å². The Morgan fingerprint density at radius 1 is 0.778 bits per heavy atom. The van der Waals surface area contributed by atoms with Crippen molar-refractivity contribution in [3.05, 3.63) is 138 Å². The van der Waals surface area contributed by atoms with Crippen LogP contribution in [0.4, 0.5) is 5.69 Å². The number of anilines is 1. The number of amides is 1. The minimum atomic E-state index is -0.989. The van der Waals surface area contributed by atoms with Gasteiger partial charge in [0.1, 0.15) is 5.75 Å². The van der Waals surface area contributed by atoms with Crippen molar-refractivity contribution in [2.45, 2.75) is 19.6 Å². The van der Waals surface area contributed by atoms with E-state index in [2.05, 4.69) is 0 Å². The highest BCUT2D eigenvalue weighted by Gasteiger charge is 2.29. The lowest BCUT2D eigenvalue weighted by molar-refractivity contribution is -0.131. The van der Waals surface area contributed by atoms with E-state index in [1.165, 1.54) is 6.08 Å². The number of hydrogen-bond donors (Lipinski definition) is 1. The number of carbonyl (C=O) groups is 2. The Bertz CT molecular complexity index is 1320. The number of nitrogens with zero attached hydrogens (tertiary/aromatic N) is 1. The highest BCUT2D eigenvalue weighted by molar-refractivity contribution is 6.06. The first-order valence-electron chi connectivity index (χ1n) is 11.8. The molecule has 1 amide bonds. The fraction of sp³-hybridized carbons (Fsp3) is 0.0968. The maximum Gasteiger partial charge on any atom is 0.328 e. The molecular formula is C31H27NO4. The number of benzene rings is 4. The summed E-state index contributed by atoms with van der Waals surface area (Å²) in [5, 5.41) is 9.21. The highest BCUT2D eigenvalue weighted by Crippen LogP contribution is 2.33. The van der Waals surface area contributed by atoms with Crippen LogP contribution >= 0.6 is 0 Å². The molecule has 0 aliphatic heterocycles. The number of rotatable bonds is 9. The van der Waals surface area contributed by atoms with Crippen molar-refractivity contribution in [2.24, 2.45) is 0 Å². The van der Waals surface area contributed by atoms with Crippen molar-refractivity contribution in [1.82, 2.24) is 0 Å². The molecule has 1 unspecified atom stereocenters. The van der Waals surface area contributed by atoms with Gasteiger partial charge in [-0.25, -0.2) is 4.79 Å². The van der Waals surface area contributed by atoms with Gasteiger partial charge in [-0.05, 0) is 54.0 Å². The predicted octanol–water partition coefficient (Wildman–Crippen LogP) is 6.99. The maximum atomic E-state index is 13.9. The van der Waals surface area contributed by atoms with Gasteiger partial charge in [0.05, 0.1) is 0 Å². The number of ether oxygens (including phenoxy) is 1. The molecule has 4 aromatic rings. The topological polar surface area (TPSA) is 66.8 Å². The molecule has 1 atom stereocenters. The average molecular weight is 478 g/mol. The van der Waals surface area contributed by atoms with Crippen molar-refractivity contribution >= 4 is 23.1 Å². The summed E-state index contributed by atoms with van der Waals surface area (Å²) in [6.45, 7) is 1.91. The number of carbonyl (C=O) groups excluding carboxylic acids is 1. The summed E-state index contributed by atoms with van der Waals surface area (Å²) in [5.41, 5.74) is 3.46. The lowest BCUT2D eigenvalue weighted by Gasteiger charge is -2.32. The van der Waals surface area contributed by atoms with Gasteiger partial charge in [0.15, 0.2) is 0 Å². The summed E-state index contributed by atoms with van der Waals surface area (Å²) in [4.78, 5) is 26.8. The molecule has 0 aliphatic rings. The summed E-state index contributed by atoms with van der Waals surface area (Å²) in [5.74, 6) is -0.575. The van der Waals surface area contributed by atoms with E-state index < -0.39 is 12.2 Å². The molecule has 5 nitrogen and oxygen atoms in total. The van der Waals surface area contributed by atoms with E-state index in [4.69, 9.17) is 4.74 Å². The Morgan fingerprint density at radius 3 is 1.89 bits per heavy atom. The minimum absolute atomic E-state index is 0.218. The summed E-state index contributed by atoms with van der Waals surface area (Å²) in [6.07, 6.45) is 1.04. The lowest BCUT2D eigenvalue weighted by atomic mass is 10.0. The third-order valence-electron chi connectivity index (χ3n) is 5.74. The Balaban J connectivity index is 1.82. The Hall–Kier alpha value is -4.64. The quantitative estimate of drug-likeness (QED) is 0.208. The molecule has 36 heavy (non-hydrogen) atoms. The molecule has 5 heteroatoms. The van der Waals surface area contributed by atoms with Crippen LogP contribution < -0.4 is 9.64 Å². The second-order valence-corrected chi connectivity index (χ2v) is 8.14. The second kappa shape index (κ2) is 11.7. The van der Waals surface area contributed by atoms with Crippen LogP contribution in [-0.4, -0.2) is 17.0 Å². The summed E-state index contributed by atoms with van der Waals surface area (Å²) >= 11 is 0. The first-order valence-corrected chi connectivity index (χ1v) is 11.8. The van der Waals surface area contributed by atoms with E-state index >= 15 is 0 Å². The van der Waals surface area contributed by atoms with E-state index in [-0.39, 0.29) is 5.91 Å². The van der Waals surface area contributed by atoms with Crippen LogP contribution in [0.25, 0.3) is 5.57 Å². The van der Waals surface area contributed by atoms with E-state index in [0.29, 0.717) is 29.0 Å². The van der Waals surface area contributed by atoms with Gasteiger partial charge in [-0.3, -0.25) is 9.69 Å². The number of carboxylic acids is 1. The van der Waals surface area contributed by atoms with Crippen LogP contribution in [0.1, 0.15) is 41.1 Å². The number of aliphatic carboxylic acids is 1. The smallest absolute Gasteiger partial charge is 0.328 e. The third-order valence-corrected chi connectivity index (χ3v) is 5.74. The SMILES string of the molecule is CC/C(=C\C(=O)O)c1ccc(N(C(=O)c2ccccc2)C(Oc2ccccc2)c2ccccc2)cc1. The summed E-state index contributed by atoms with van der Waals surface area (Å²) in [6, 6.07) is 35.4. The molecule has 0 fully saturated rings. The van der Waals surface area contributed by atoms with E-state index in [9.17, 15) is 14.7 Å². The average Bonchev–Trinajstić information content (AvgIpc) is 2.93. The molecule has 0 radical (unpaired) electrons. The molecule has 0 saturated carbocycles. The van der Waals surface area contributed by atoms with E-state index in [1.54, 1.807) is 17.0 Å². The van der Waals surface area contributed by atoms with Crippen molar-refractivity contribution in [2.75, 3.05) is 4.90 Å². The fourth-order valence-electron chi connectivity index (χ4n) is 3.97. The zero-order valence-corrected chi connectivity index (χ0v) is 20.0. The van der Waals surface area contributed by atoms with Gasteiger partial charge in [0.2, 0.25) is 6.23 Å². The van der Waals surface area contributed by atoms with Crippen molar-refractivity contribution in [1.29, 1.82) is 0 Å². The van der Waals surface area contributed by atoms with Gasteiger partial charge in [-0.1, -0.05) is 85.8 Å². The van der Waals surface area contributed by atoms with Crippen LogP contribution in [0.2, 0.25) is 0 Å². The van der Waals surface area contributed by atoms with Crippen molar-refractivity contribution in [3.63, 3.8) is 0 Å². The van der Waals surface area contributed by atoms with Crippen molar-refractivity contribution < 1.29 is 19.4 Å². The van der Waals surface area contributed by atoms with Crippen LogP contribution in [0.3, 0.4) is 0 Å². The first-order chi connectivity index (χ1) is 17.6. The van der Waals surface area contributed by atoms with Gasteiger partial charge in [0, 0.05) is 22.9 Å². The summed E-state index contributed by atoms with van der Waals surface area (Å²) < 4.78 is 6.43. The molecule has 180 valence electrons. The minimum Gasteiger partial charge on any atom is -0.478 e. The first kappa shape index (κ1) is 24.5. The number of allylic oxidation sites excluding steroid dienone is 1. The molecule has 1 N–H and O–H groups in total. The van der Waals surface area contributed by atoms with Crippen LogP contribution in [-0.2, 0) is 4.79 Å². The van der Waals surface area contributed by atoms with Gasteiger partial charge in [-0.2, -0.15) is 0 Å². The zero-order valence-electron chi connectivity index (χ0n) is 20.0. The molecule has 0 saturated heterocycles. The fourth-order valence-corrected chi connectivity index (χ4v) is 3.97. The van der Waals surface area contributed by atoms with Crippen molar-refractivity contribution in [3.8, 4) is 5.75 Å². The maximum absolute atomic E-state index is 13.9. The molecular weight excluding hydrogens is 450 g/mol. The van der Waals surface area contributed by atoms with Gasteiger partial charge in [-0.15, -0.1) is 0 Å². The molecule has 4 rings (SSSR count). The Morgan fingerprint density at radius 2 is 1.33 bits per heavy atom. The Labute approximate surface area is 210 Å². The number of hydrogen-bond acceptors (Lipinski definition) is 3. The van der Waals surface area contributed by atoms with Crippen LogP contribution in [0, 0.1) is 0 Å². The molecule has 4 aromatic carbocycles. The molecule has 0 bridgehead atoms. The van der Waals surface area contributed by atoms with Gasteiger partial charge < -0.3 is 9.84 Å². The van der Waals surface area contributed by atoms with Gasteiger partial charge in [0.25, 0.3) is 5.91 Å². The summed E-state index contributed by atoms with van der Waals surface area (Å²) in [7, 11) is 0. The van der Waals surface area contributed by atoms with Crippen LogP contribution in [0.15, 0.2) is 121 Å². The largest absolute Gasteiger partial charge is 0.478 e. The lowest BCUT2D eigenvalue weighted by Crippen LogP contribution is -2.38. The molecule has 0 heterocycles. The third kappa shape index (κ3) is 5.88. The monoisotopic (exact) mass is 477 g/mol. The highest BCUT2D eigenvalue weighted by atomic mass is 16.5. The van der Waals surface area contributed by atoms with Crippen LogP contribution in [0.5, 0.6) is 5.75 Å². The molecule has 0 aliphatic carbocycles. The number of para-hydroxylation sites is 1. The molecule has 0 aromatic heterocycles. The second-order valence-electron chi connectivity index (χ2n) is 8.14.